The highest BCUT2D eigenvalue weighted by Gasteiger charge is 2.32. The van der Waals surface area contributed by atoms with Crippen molar-refractivity contribution in [3.63, 3.8) is 0 Å². The number of likely N-dealkylation sites (tertiary alicyclic amines) is 1. The molecular formula is C20H23N5O2. The van der Waals surface area contributed by atoms with Gasteiger partial charge in [-0.2, -0.15) is 0 Å². The van der Waals surface area contributed by atoms with Crippen molar-refractivity contribution in [3.8, 4) is 0 Å². The topological polar surface area (TPSA) is 77.6 Å². The highest BCUT2D eigenvalue weighted by molar-refractivity contribution is 6.16. The summed E-state index contributed by atoms with van der Waals surface area (Å²) in [7, 11) is 2.10. The van der Waals surface area contributed by atoms with Crippen molar-refractivity contribution in [1.82, 2.24) is 15.2 Å². The van der Waals surface area contributed by atoms with Crippen molar-refractivity contribution < 1.29 is 9.59 Å². The summed E-state index contributed by atoms with van der Waals surface area (Å²) in [6.45, 7) is 3.11. The van der Waals surface area contributed by atoms with E-state index < -0.39 is 0 Å². The Kier molecular flexibility index (Phi) is 4.53. The Balaban J connectivity index is 1.70. The van der Waals surface area contributed by atoms with E-state index in [9.17, 15) is 9.59 Å². The summed E-state index contributed by atoms with van der Waals surface area (Å²) in [6, 6.07) is 10.8. The fraction of sp³-hybridized carbons (Fsp3) is 0.350. The van der Waals surface area contributed by atoms with E-state index in [1.165, 1.54) is 4.90 Å². The van der Waals surface area contributed by atoms with Crippen LogP contribution in [-0.4, -0.2) is 47.5 Å². The fourth-order valence-corrected chi connectivity index (χ4v) is 3.70. The van der Waals surface area contributed by atoms with Crippen molar-refractivity contribution in [3.05, 3.63) is 48.2 Å². The molecule has 2 N–H and O–H groups in total. The quantitative estimate of drug-likeness (QED) is 0.814. The molecule has 0 unspecified atom stereocenters. The van der Waals surface area contributed by atoms with Crippen LogP contribution in [0.1, 0.15) is 30.1 Å². The maximum Gasteiger partial charge on any atom is 0.328 e. The summed E-state index contributed by atoms with van der Waals surface area (Å²) in [5.74, 6) is 0.178. The molecule has 4 rings (SSSR count). The minimum Gasteiger partial charge on any atom is -0.335 e. The second kappa shape index (κ2) is 7.00. The molecule has 0 spiro atoms. The Hall–Kier alpha value is -2.93. The summed E-state index contributed by atoms with van der Waals surface area (Å²) in [5.41, 5.74) is 1.50. The number of pyridine rings is 1. The highest BCUT2D eigenvalue weighted by Crippen LogP contribution is 2.36. The number of hydrogen-bond donors (Lipinski definition) is 2. The third-order valence-corrected chi connectivity index (χ3v) is 5.38. The number of hydrogen-bond acceptors (Lipinski definition) is 4. The van der Waals surface area contributed by atoms with Gasteiger partial charge in [0.2, 0.25) is 0 Å². The van der Waals surface area contributed by atoms with Crippen molar-refractivity contribution >= 4 is 29.1 Å². The number of amides is 3. The lowest BCUT2D eigenvalue weighted by Crippen LogP contribution is -2.50. The zero-order valence-electron chi connectivity index (χ0n) is 15.5. The molecule has 0 aliphatic carbocycles. The van der Waals surface area contributed by atoms with Crippen molar-refractivity contribution in [2.75, 3.05) is 23.8 Å². The van der Waals surface area contributed by atoms with Crippen LogP contribution < -0.4 is 15.5 Å². The molecule has 2 atom stereocenters. The van der Waals surface area contributed by atoms with Crippen molar-refractivity contribution in [1.29, 1.82) is 0 Å². The van der Waals surface area contributed by atoms with Gasteiger partial charge in [0.15, 0.2) is 5.82 Å². The predicted molar refractivity (Wildman–Crippen MR) is 104 cm³/mol. The van der Waals surface area contributed by atoms with E-state index in [2.05, 4.69) is 34.5 Å². The number of carbonyl (C=O) groups excluding carboxylic acids is 2. The maximum atomic E-state index is 13.3. The van der Waals surface area contributed by atoms with Gasteiger partial charge in [0.1, 0.15) is 0 Å². The molecule has 2 aliphatic rings. The SMILES string of the molecule is C[C@@H]1C[C@@H](NC(=O)N2c3ccccc3C(=O)Nc3cccnc32)CCN1C. The summed E-state index contributed by atoms with van der Waals surface area (Å²) < 4.78 is 0. The number of nitrogens with zero attached hydrogens (tertiary/aromatic N) is 3. The van der Waals surface area contributed by atoms with E-state index in [0.29, 0.717) is 28.8 Å². The minimum absolute atomic E-state index is 0.0925. The monoisotopic (exact) mass is 365 g/mol. The molecule has 2 aromatic rings. The van der Waals surface area contributed by atoms with E-state index in [-0.39, 0.29) is 18.0 Å². The molecule has 1 saturated heterocycles. The molecule has 140 valence electrons. The Morgan fingerprint density at radius 3 is 2.89 bits per heavy atom. The largest absolute Gasteiger partial charge is 0.335 e. The summed E-state index contributed by atoms with van der Waals surface area (Å²) in [5, 5.41) is 6.00. The highest BCUT2D eigenvalue weighted by atomic mass is 16.2. The number of benzene rings is 1. The average molecular weight is 365 g/mol. The smallest absolute Gasteiger partial charge is 0.328 e. The summed E-state index contributed by atoms with van der Waals surface area (Å²) in [4.78, 5) is 34.0. The molecular weight excluding hydrogens is 342 g/mol. The van der Waals surface area contributed by atoms with Gasteiger partial charge >= 0.3 is 6.03 Å². The van der Waals surface area contributed by atoms with Gasteiger partial charge in [-0.15, -0.1) is 0 Å². The third kappa shape index (κ3) is 3.26. The molecule has 0 radical (unpaired) electrons. The molecule has 2 aliphatic heterocycles. The zero-order chi connectivity index (χ0) is 19.0. The molecule has 7 heteroatoms. The standard InChI is InChI=1S/C20H23N5O2/c1-13-12-14(9-11-24(13)2)22-20(27)25-17-8-4-3-6-15(17)19(26)23-16-7-5-10-21-18(16)25/h3-8,10,13-14H,9,11-12H2,1-2H3,(H,22,27)(H,23,26)/t13-,14+/m1/s1. The van der Waals surface area contributed by atoms with Gasteiger partial charge in [-0.05, 0) is 51.1 Å². The molecule has 3 amide bonds. The van der Waals surface area contributed by atoms with Crippen molar-refractivity contribution in [2.24, 2.45) is 0 Å². The molecule has 0 bridgehead atoms. The van der Waals surface area contributed by atoms with Crippen LogP contribution >= 0.6 is 0 Å². The normalized spacial score (nSPS) is 22.3. The second-order valence-electron chi connectivity index (χ2n) is 7.18. The Morgan fingerprint density at radius 1 is 1.26 bits per heavy atom. The second-order valence-corrected chi connectivity index (χ2v) is 7.18. The molecule has 1 aromatic carbocycles. The summed E-state index contributed by atoms with van der Waals surface area (Å²) >= 11 is 0. The Labute approximate surface area is 158 Å². The molecule has 27 heavy (non-hydrogen) atoms. The van der Waals surface area contributed by atoms with Gasteiger partial charge in [0.25, 0.3) is 5.91 Å². The van der Waals surface area contributed by atoms with E-state index in [1.807, 2.05) is 6.07 Å². The lowest BCUT2D eigenvalue weighted by molar-refractivity contribution is 0.102. The third-order valence-electron chi connectivity index (χ3n) is 5.38. The number of carbonyl (C=O) groups is 2. The number of urea groups is 1. The predicted octanol–water partition coefficient (Wildman–Crippen LogP) is 2.98. The maximum absolute atomic E-state index is 13.3. The lowest BCUT2D eigenvalue weighted by atomic mass is 9.99. The first-order valence-corrected chi connectivity index (χ1v) is 9.21. The van der Waals surface area contributed by atoms with E-state index >= 15 is 0 Å². The van der Waals surface area contributed by atoms with Crippen LogP contribution in [0.3, 0.4) is 0 Å². The first kappa shape index (κ1) is 17.5. The summed E-state index contributed by atoms with van der Waals surface area (Å²) in [6.07, 6.45) is 3.41. The minimum atomic E-state index is -0.263. The van der Waals surface area contributed by atoms with Crippen LogP contribution in [0.4, 0.5) is 22.0 Å². The molecule has 0 saturated carbocycles. The molecule has 1 fully saturated rings. The zero-order valence-corrected chi connectivity index (χ0v) is 15.5. The molecule has 7 nitrogen and oxygen atoms in total. The van der Waals surface area contributed by atoms with Crippen LogP contribution in [0.15, 0.2) is 42.6 Å². The van der Waals surface area contributed by atoms with Gasteiger partial charge in [0.05, 0.1) is 16.9 Å². The van der Waals surface area contributed by atoms with Crippen LogP contribution in [0.2, 0.25) is 0 Å². The number of rotatable bonds is 1. The number of aromatic nitrogens is 1. The fourth-order valence-electron chi connectivity index (χ4n) is 3.70. The van der Waals surface area contributed by atoms with E-state index in [0.717, 1.165) is 19.4 Å². The number of fused-ring (bicyclic) bond motifs is 2. The average Bonchev–Trinajstić information content (AvgIpc) is 2.79. The van der Waals surface area contributed by atoms with E-state index in [1.54, 1.807) is 36.5 Å². The number of para-hydroxylation sites is 1. The van der Waals surface area contributed by atoms with Gasteiger partial charge in [-0.3, -0.25) is 4.79 Å². The Morgan fingerprint density at radius 2 is 2.07 bits per heavy atom. The molecule has 1 aromatic heterocycles. The number of piperidine rings is 1. The van der Waals surface area contributed by atoms with Crippen LogP contribution in [0.5, 0.6) is 0 Å². The number of anilines is 3. The lowest BCUT2D eigenvalue weighted by Gasteiger charge is -2.36. The van der Waals surface area contributed by atoms with E-state index in [4.69, 9.17) is 0 Å². The van der Waals surface area contributed by atoms with Crippen LogP contribution in [0, 0.1) is 0 Å². The van der Waals surface area contributed by atoms with Gasteiger partial charge in [0, 0.05) is 24.8 Å². The Bertz CT molecular complexity index is 884. The first-order chi connectivity index (χ1) is 13.0. The van der Waals surface area contributed by atoms with Crippen molar-refractivity contribution in [2.45, 2.75) is 31.8 Å². The van der Waals surface area contributed by atoms with Crippen LogP contribution in [0.25, 0.3) is 0 Å². The van der Waals surface area contributed by atoms with Gasteiger partial charge < -0.3 is 15.5 Å². The first-order valence-electron chi connectivity index (χ1n) is 9.21. The molecule has 3 heterocycles. The van der Waals surface area contributed by atoms with Gasteiger partial charge in [-0.25, -0.2) is 14.7 Å². The van der Waals surface area contributed by atoms with Gasteiger partial charge in [-0.1, -0.05) is 12.1 Å². The number of nitrogens with one attached hydrogen (secondary N) is 2. The van der Waals surface area contributed by atoms with Crippen LogP contribution in [-0.2, 0) is 0 Å².